The number of tetrazole rings is 1. The number of nitrogens with one attached hydrogen (secondary N) is 2. The second kappa shape index (κ2) is 11.9. The van der Waals surface area contributed by atoms with Gasteiger partial charge in [-0.15, -0.1) is 5.10 Å². The number of aromatic nitrogens is 5. The first kappa shape index (κ1) is 26.7. The van der Waals surface area contributed by atoms with Gasteiger partial charge in [0, 0.05) is 46.1 Å². The maximum Gasteiger partial charge on any atom is 0.248 e. The van der Waals surface area contributed by atoms with E-state index in [1.54, 1.807) is 48.7 Å². The Morgan fingerprint density at radius 2 is 2.00 bits per heavy atom. The van der Waals surface area contributed by atoms with Crippen molar-refractivity contribution in [3.8, 4) is 16.8 Å². The van der Waals surface area contributed by atoms with Gasteiger partial charge in [0.1, 0.15) is 6.33 Å². The Hall–Kier alpha value is -4.90. The molecule has 0 fully saturated rings. The van der Waals surface area contributed by atoms with E-state index in [2.05, 4.69) is 31.1 Å². The van der Waals surface area contributed by atoms with Crippen LogP contribution in [0.15, 0.2) is 67.1 Å². The van der Waals surface area contributed by atoms with E-state index in [0.717, 1.165) is 5.56 Å². The van der Waals surface area contributed by atoms with Crippen LogP contribution < -0.4 is 16.4 Å². The topological polar surface area (TPSA) is 158 Å². The lowest BCUT2D eigenvalue weighted by atomic mass is 9.97. The van der Waals surface area contributed by atoms with Crippen molar-refractivity contribution in [1.82, 2.24) is 30.5 Å². The van der Waals surface area contributed by atoms with Gasteiger partial charge in [-0.25, -0.2) is 0 Å². The lowest BCUT2D eigenvalue weighted by molar-refractivity contribution is -0.118. The second-order valence-corrected chi connectivity index (χ2v) is 9.68. The Labute approximate surface area is 234 Å². The van der Waals surface area contributed by atoms with E-state index >= 15 is 0 Å². The van der Waals surface area contributed by atoms with Gasteiger partial charge in [-0.05, 0) is 77.4 Å². The van der Waals surface area contributed by atoms with Crippen LogP contribution in [-0.2, 0) is 9.59 Å². The quantitative estimate of drug-likeness (QED) is 0.315. The molecule has 2 bridgehead atoms. The monoisotopic (exact) mass is 556 g/mol. The third-order valence-electron chi connectivity index (χ3n) is 6.49. The van der Waals surface area contributed by atoms with E-state index in [1.165, 1.54) is 17.1 Å². The fraction of sp³-hybridized carbons (Fsp3) is 0.179. The van der Waals surface area contributed by atoms with Crippen molar-refractivity contribution in [2.75, 3.05) is 5.32 Å². The molecule has 0 saturated heterocycles. The minimum Gasteiger partial charge on any atom is -0.366 e. The molecule has 12 heteroatoms. The van der Waals surface area contributed by atoms with Gasteiger partial charge in [-0.2, -0.15) is 4.68 Å². The summed E-state index contributed by atoms with van der Waals surface area (Å²) in [6.07, 6.45) is 8.35. The van der Waals surface area contributed by atoms with Crippen LogP contribution in [0.2, 0.25) is 5.02 Å². The number of amides is 3. The minimum atomic E-state index is -0.586. The number of nitrogens with zero attached hydrogens (tertiary/aromatic N) is 5. The van der Waals surface area contributed by atoms with Gasteiger partial charge in [0.25, 0.3) is 0 Å². The van der Waals surface area contributed by atoms with Gasteiger partial charge in [0.05, 0.1) is 17.4 Å². The molecule has 2 aromatic heterocycles. The lowest BCUT2D eigenvalue weighted by Gasteiger charge is -2.20. The Morgan fingerprint density at radius 3 is 2.80 bits per heavy atom. The molecule has 0 aliphatic carbocycles. The number of benzene rings is 2. The highest BCUT2D eigenvalue weighted by molar-refractivity contribution is 6.30. The molecule has 0 spiro atoms. The summed E-state index contributed by atoms with van der Waals surface area (Å²) in [5.41, 5.74) is 9.72. The first-order chi connectivity index (χ1) is 19.4. The highest BCUT2D eigenvalue weighted by atomic mass is 35.5. The lowest BCUT2D eigenvalue weighted by Crippen LogP contribution is -2.28. The minimum absolute atomic E-state index is 0.166. The van der Waals surface area contributed by atoms with Gasteiger partial charge < -0.3 is 16.4 Å². The Kier molecular flexibility index (Phi) is 7.92. The summed E-state index contributed by atoms with van der Waals surface area (Å²) in [7, 11) is 0. The number of nitrogens with two attached hydrogens (primary N) is 1. The fourth-order valence-corrected chi connectivity index (χ4v) is 4.70. The molecule has 2 aromatic carbocycles. The van der Waals surface area contributed by atoms with Crippen molar-refractivity contribution >= 4 is 41.1 Å². The number of hydrogen-bond acceptors (Lipinski definition) is 7. The van der Waals surface area contributed by atoms with Crippen LogP contribution in [0.3, 0.4) is 0 Å². The number of anilines is 1. The highest BCUT2D eigenvalue weighted by Gasteiger charge is 2.19. The van der Waals surface area contributed by atoms with E-state index in [9.17, 15) is 14.4 Å². The molecule has 0 radical (unpaired) electrons. The molecule has 3 heterocycles. The number of carbonyl (C=O) groups excluding carboxylic acids is 3. The predicted octanol–water partition coefficient (Wildman–Crippen LogP) is 3.86. The van der Waals surface area contributed by atoms with Gasteiger partial charge in [0.2, 0.25) is 17.7 Å². The zero-order valence-electron chi connectivity index (χ0n) is 21.3. The summed E-state index contributed by atoms with van der Waals surface area (Å²) in [6, 6.07) is 13.4. The number of rotatable bonds is 5. The van der Waals surface area contributed by atoms with Crippen molar-refractivity contribution in [3.63, 3.8) is 0 Å². The number of pyridine rings is 1. The maximum absolute atomic E-state index is 13.1. The average molecular weight is 557 g/mol. The van der Waals surface area contributed by atoms with Crippen molar-refractivity contribution in [3.05, 3.63) is 89.0 Å². The van der Waals surface area contributed by atoms with Crippen LogP contribution in [0.5, 0.6) is 0 Å². The molecule has 1 aliphatic heterocycles. The molecule has 11 nitrogen and oxygen atoms in total. The predicted molar refractivity (Wildman–Crippen MR) is 149 cm³/mol. The zero-order chi connectivity index (χ0) is 28.1. The molecule has 40 heavy (non-hydrogen) atoms. The molecule has 0 saturated carbocycles. The normalized spacial score (nSPS) is 15.4. The number of carbonyl (C=O) groups is 3. The largest absolute Gasteiger partial charge is 0.366 e. The van der Waals surface area contributed by atoms with Crippen molar-refractivity contribution < 1.29 is 14.4 Å². The van der Waals surface area contributed by atoms with E-state index < -0.39 is 11.9 Å². The first-order valence-electron chi connectivity index (χ1n) is 12.6. The number of halogens is 1. The average Bonchev–Trinajstić information content (AvgIpc) is 3.48. The Bertz CT molecular complexity index is 1600. The molecule has 202 valence electrons. The number of hydrogen-bond donors (Lipinski definition) is 3. The van der Waals surface area contributed by atoms with Crippen LogP contribution in [0, 0.1) is 0 Å². The molecule has 4 N–H and O–H groups in total. The summed E-state index contributed by atoms with van der Waals surface area (Å²) < 4.78 is 1.48. The van der Waals surface area contributed by atoms with Crippen molar-refractivity contribution in [1.29, 1.82) is 0 Å². The zero-order valence-corrected chi connectivity index (χ0v) is 22.0. The van der Waals surface area contributed by atoms with E-state index in [0.29, 0.717) is 58.0 Å². The summed E-state index contributed by atoms with van der Waals surface area (Å²) in [4.78, 5) is 42.0. The highest BCUT2D eigenvalue weighted by Crippen LogP contribution is 2.32. The SMILES string of the molecule is NC(=O)c1ccc2c(c1)NC(=O)CCCCC(NC(=O)/C=C/c1cc(Cl)ccc1-n1cnnn1)c1cc-2ccn1. The Morgan fingerprint density at radius 1 is 1.12 bits per heavy atom. The summed E-state index contributed by atoms with van der Waals surface area (Å²) in [6.45, 7) is 0. The number of primary amides is 1. The van der Waals surface area contributed by atoms with Crippen LogP contribution in [0.1, 0.15) is 53.3 Å². The van der Waals surface area contributed by atoms with Gasteiger partial charge in [-0.3, -0.25) is 19.4 Å². The molecular weight excluding hydrogens is 532 g/mol. The van der Waals surface area contributed by atoms with Crippen LogP contribution >= 0.6 is 11.6 Å². The molecule has 1 unspecified atom stereocenters. The van der Waals surface area contributed by atoms with Gasteiger partial charge >= 0.3 is 0 Å². The van der Waals surface area contributed by atoms with Crippen molar-refractivity contribution in [2.45, 2.75) is 31.7 Å². The van der Waals surface area contributed by atoms with Gasteiger partial charge in [-0.1, -0.05) is 24.1 Å². The van der Waals surface area contributed by atoms with E-state index in [-0.39, 0.29) is 18.2 Å². The molecule has 1 atom stereocenters. The van der Waals surface area contributed by atoms with E-state index in [4.69, 9.17) is 17.3 Å². The standard InChI is InChI=1S/C28H25ClN8O3/c29-20-7-9-25(37-16-32-35-36-37)18(13-20)6-10-27(39)33-22-3-1-2-4-26(38)34-23-15-19(28(30)40)5-8-21(23)17-11-12-31-24(22)14-17/h5-16,22H,1-4H2,(H2,30,40)(H,33,39)(H,34,38)/b10-6+. The third-order valence-corrected chi connectivity index (χ3v) is 6.73. The van der Waals surface area contributed by atoms with Crippen LogP contribution in [-0.4, -0.2) is 42.9 Å². The van der Waals surface area contributed by atoms with Crippen LogP contribution in [0.25, 0.3) is 22.9 Å². The van der Waals surface area contributed by atoms with Crippen molar-refractivity contribution in [2.24, 2.45) is 5.73 Å². The first-order valence-corrected chi connectivity index (χ1v) is 13.0. The van der Waals surface area contributed by atoms with Gasteiger partial charge in [0.15, 0.2) is 0 Å². The summed E-state index contributed by atoms with van der Waals surface area (Å²) in [5, 5.41) is 17.7. The summed E-state index contributed by atoms with van der Waals surface area (Å²) >= 11 is 6.19. The van der Waals surface area contributed by atoms with E-state index in [1.807, 2.05) is 12.1 Å². The molecule has 3 amide bonds. The molecular formula is C28H25ClN8O3. The second-order valence-electron chi connectivity index (χ2n) is 9.24. The smallest absolute Gasteiger partial charge is 0.248 e. The summed E-state index contributed by atoms with van der Waals surface area (Å²) in [5.74, 6) is -1.07. The molecule has 4 aromatic rings. The van der Waals surface area contributed by atoms with Crippen LogP contribution in [0.4, 0.5) is 5.69 Å². The maximum atomic E-state index is 13.1. The molecule has 5 rings (SSSR count). The third kappa shape index (κ3) is 6.21. The molecule has 1 aliphatic rings. The number of fused-ring (bicyclic) bond motifs is 4. The Balaban J connectivity index is 1.43. The fourth-order valence-electron chi connectivity index (χ4n) is 4.52.